The molecule has 1 atom stereocenters. The highest BCUT2D eigenvalue weighted by Gasteiger charge is 2.32. The van der Waals surface area contributed by atoms with Gasteiger partial charge in [-0.25, -0.2) is 18.1 Å². The van der Waals surface area contributed by atoms with E-state index in [4.69, 9.17) is 0 Å². The van der Waals surface area contributed by atoms with Crippen LogP contribution in [0.5, 0.6) is 0 Å². The average molecular weight is 313 g/mol. The van der Waals surface area contributed by atoms with E-state index in [0.717, 1.165) is 17.8 Å². The molecule has 1 saturated heterocycles. The van der Waals surface area contributed by atoms with E-state index < -0.39 is 10.0 Å². The maximum absolute atomic E-state index is 12.6. The molecule has 1 unspecified atom stereocenters. The molecule has 7 nitrogen and oxygen atoms in total. The SMILES string of the molecule is Cc1ncc(S(=O)(=O)N2CCCC(n3ccnn3)C2)s1. The van der Waals surface area contributed by atoms with E-state index in [2.05, 4.69) is 15.3 Å². The van der Waals surface area contributed by atoms with E-state index in [1.165, 1.54) is 21.8 Å². The molecule has 2 aromatic heterocycles. The van der Waals surface area contributed by atoms with E-state index in [0.29, 0.717) is 17.3 Å². The molecule has 0 spiro atoms. The van der Waals surface area contributed by atoms with Crippen LogP contribution in [0.3, 0.4) is 0 Å². The zero-order valence-electron chi connectivity index (χ0n) is 11.0. The molecule has 0 radical (unpaired) electrons. The molecule has 0 amide bonds. The highest BCUT2D eigenvalue weighted by molar-refractivity contribution is 7.91. The molecule has 2 aromatic rings. The molecule has 1 aliphatic rings. The quantitative estimate of drug-likeness (QED) is 0.846. The van der Waals surface area contributed by atoms with Crippen LogP contribution in [0.4, 0.5) is 0 Å². The Bertz CT molecular complexity index is 679. The topological polar surface area (TPSA) is 81.0 Å². The second-order valence-electron chi connectivity index (χ2n) is 4.74. The van der Waals surface area contributed by atoms with Crippen molar-refractivity contribution < 1.29 is 8.42 Å². The number of hydrogen-bond acceptors (Lipinski definition) is 6. The fourth-order valence-electron chi connectivity index (χ4n) is 2.36. The van der Waals surface area contributed by atoms with Crippen molar-refractivity contribution in [1.29, 1.82) is 0 Å². The van der Waals surface area contributed by atoms with Gasteiger partial charge >= 0.3 is 0 Å². The largest absolute Gasteiger partial charge is 0.254 e. The van der Waals surface area contributed by atoms with Crippen molar-refractivity contribution in [2.24, 2.45) is 0 Å². The Morgan fingerprint density at radius 1 is 1.45 bits per heavy atom. The van der Waals surface area contributed by atoms with Gasteiger partial charge < -0.3 is 0 Å². The van der Waals surface area contributed by atoms with Crippen LogP contribution in [0, 0.1) is 6.92 Å². The zero-order chi connectivity index (χ0) is 14.2. The number of sulfonamides is 1. The number of piperidine rings is 1. The van der Waals surface area contributed by atoms with Crippen molar-refractivity contribution in [3.05, 3.63) is 23.6 Å². The molecule has 0 aliphatic carbocycles. The summed E-state index contributed by atoms with van der Waals surface area (Å²) in [7, 11) is -3.44. The summed E-state index contributed by atoms with van der Waals surface area (Å²) in [6, 6.07) is 0.0510. The average Bonchev–Trinajstić information content (AvgIpc) is 3.10. The first-order chi connectivity index (χ1) is 9.57. The normalized spacial score (nSPS) is 21.1. The summed E-state index contributed by atoms with van der Waals surface area (Å²) < 4.78 is 28.7. The van der Waals surface area contributed by atoms with Crippen LogP contribution in [-0.2, 0) is 10.0 Å². The van der Waals surface area contributed by atoms with Gasteiger partial charge in [0.1, 0.15) is 0 Å². The summed E-state index contributed by atoms with van der Waals surface area (Å²) in [5.41, 5.74) is 0. The summed E-state index contributed by atoms with van der Waals surface area (Å²) in [6.07, 6.45) is 6.56. The molecule has 1 aliphatic heterocycles. The van der Waals surface area contributed by atoms with Crippen LogP contribution in [0.25, 0.3) is 0 Å². The molecular weight excluding hydrogens is 298 g/mol. The van der Waals surface area contributed by atoms with Gasteiger partial charge in [0.25, 0.3) is 10.0 Å². The van der Waals surface area contributed by atoms with Gasteiger partial charge in [-0.2, -0.15) is 4.31 Å². The molecule has 0 N–H and O–H groups in total. The van der Waals surface area contributed by atoms with Crippen molar-refractivity contribution in [1.82, 2.24) is 24.3 Å². The summed E-state index contributed by atoms with van der Waals surface area (Å²) in [6.45, 7) is 2.78. The molecule has 0 bridgehead atoms. The van der Waals surface area contributed by atoms with E-state index >= 15 is 0 Å². The minimum absolute atomic E-state index is 0.0510. The molecule has 0 aromatic carbocycles. The van der Waals surface area contributed by atoms with Gasteiger partial charge in [-0.15, -0.1) is 16.4 Å². The Labute approximate surface area is 121 Å². The number of aromatic nitrogens is 4. The Morgan fingerprint density at radius 2 is 2.30 bits per heavy atom. The zero-order valence-corrected chi connectivity index (χ0v) is 12.6. The highest BCUT2D eigenvalue weighted by Crippen LogP contribution is 2.28. The number of thiazole rings is 1. The van der Waals surface area contributed by atoms with Gasteiger partial charge in [-0.1, -0.05) is 5.21 Å². The Hall–Kier alpha value is -1.32. The third-order valence-corrected chi connectivity index (χ3v) is 6.58. The minimum atomic E-state index is -3.44. The molecular formula is C11H15N5O2S2. The number of hydrogen-bond donors (Lipinski definition) is 0. The van der Waals surface area contributed by atoms with Crippen molar-refractivity contribution in [3.63, 3.8) is 0 Å². The van der Waals surface area contributed by atoms with Crippen molar-refractivity contribution in [2.45, 2.75) is 30.0 Å². The van der Waals surface area contributed by atoms with Gasteiger partial charge in [0.15, 0.2) is 4.21 Å². The predicted octanol–water partition coefficient (Wildman–Crippen LogP) is 1.07. The standard InChI is InChI=1S/C11H15N5O2S2/c1-9-12-7-11(19-9)20(17,18)15-5-2-3-10(8-15)16-6-4-13-14-16/h4,6-7,10H,2-3,5,8H2,1H3. The number of rotatable bonds is 3. The van der Waals surface area contributed by atoms with Gasteiger partial charge in [0.2, 0.25) is 0 Å². The first-order valence-corrected chi connectivity index (χ1v) is 8.61. The lowest BCUT2D eigenvalue weighted by Gasteiger charge is -2.31. The lowest BCUT2D eigenvalue weighted by atomic mass is 10.1. The van der Waals surface area contributed by atoms with Crippen molar-refractivity contribution in [2.75, 3.05) is 13.1 Å². The second-order valence-corrected chi connectivity index (χ2v) is 8.14. The number of aryl methyl sites for hydroxylation is 1. The lowest BCUT2D eigenvalue weighted by molar-refractivity contribution is 0.251. The van der Waals surface area contributed by atoms with Crippen LogP contribution in [0.1, 0.15) is 23.9 Å². The Kier molecular flexibility index (Phi) is 3.57. The second kappa shape index (κ2) is 5.23. The third-order valence-electron chi connectivity index (χ3n) is 3.37. The first kappa shape index (κ1) is 13.7. The van der Waals surface area contributed by atoms with Crippen LogP contribution >= 0.6 is 11.3 Å². The molecule has 0 saturated carbocycles. The molecule has 1 fully saturated rings. The van der Waals surface area contributed by atoms with Crippen molar-refractivity contribution in [3.8, 4) is 0 Å². The summed E-state index contributed by atoms with van der Waals surface area (Å²) in [5, 5.41) is 8.51. The van der Waals surface area contributed by atoms with Gasteiger partial charge in [0, 0.05) is 19.3 Å². The van der Waals surface area contributed by atoms with Crippen LogP contribution < -0.4 is 0 Å². The molecule has 9 heteroatoms. The maximum atomic E-state index is 12.6. The lowest BCUT2D eigenvalue weighted by Crippen LogP contribution is -2.40. The van der Waals surface area contributed by atoms with Crippen LogP contribution in [0.15, 0.2) is 22.8 Å². The summed E-state index contributed by atoms with van der Waals surface area (Å²) in [5.74, 6) is 0. The predicted molar refractivity (Wildman–Crippen MR) is 73.9 cm³/mol. The third kappa shape index (κ3) is 2.48. The molecule has 3 rings (SSSR count). The highest BCUT2D eigenvalue weighted by atomic mass is 32.2. The monoisotopic (exact) mass is 313 g/mol. The maximum Gasteiger partial charge on any atom is 0.254 e. The number of nitrogens with zero attached hydrogens (tertiary/aromatic N) is 5. The summed E-state index contributed by atoms with van der Waals surface area (Å²) in [4.78, 5) is 4.03. The van der Waals surface area contributed by atoms with Crippen molar-refractivity contribution >= 4 is 21.4 Å². The van der Waals surface area contributed by atoms with Crippen LogP contribution in [0.2, 0.25) is 0 Å². The molecule has 20 heavy (non-hydrogen) atoms. The molecule has 3 heterocycles. The minimum Gasteiger partial charge on any atom is -0.249 e. The van der Waals surface area contributed by atoms with Gasteiger partial charge in [-0.3, -0.25) is 0 Å². The van der Waals surface area contributed by atoms with E-state index in [9.17, 15) is 8.42 Å². The Morgan fingerprint density at radius 3 is 2.95 bits per heavy atom. The van der Waals surface area contributed by atoms with Gasteiger partial charge in [0.05, 0.1) is 23.4 Å². The van der Waals surface area contributed by atoms with E-state index in [1.807, 2.05) is 0 Å². The molecule has 108 valence electrons. The fourth-order valence-corrected chi connectivity index (χ4v) is 5.14. The summed E-state index contributed by atoms with van der Waals surface area (Å²) >= 11 is 1.21. The van der Waals surface area contributed by atoms with E-state index in [-0.39, 0.29) is 6.04 Å². The fraction of sp³-hybridized carbons (Fsp3) is 0.545. The van der Waals surface area contributed by atoms with Gasteiger partial charge in [-0.05, 0) is 19.8 Å². The smallest absolute Gasteiger partial charge is 0.249 e. The Balaban J connectivity index is 1.83. The first-order valence-electron chi connectivity index (χ1n) is 6.36. The van der Waals surface area contributed by atoms with Crippen LogP contribution in [-0.4, -0.2) is 45.8 Å². The van der Waals surface area contributed by atoms with E-state index in [1.54, 1.807) is 24.0 Å².